The van der Waals surface area contributed by atoms with Crippen LogP contribution < -0.4 is 15.5 Å². The second-order valence-corrected chi connectivity index (χ2v) is 5.49. The van der Waals surface area contributed by atoms with E-state index in [0.717, 1.165) is 50.4 Å². The molecule has 1 aliphatic heterocycles. The third kappa shape index (κ3) is 3.83. The minimum atomic E-state index is 0.0552. The molecule has 1 aromatic rings. The van der Waals surface area contributed by atoms with Crippen LogP contribution in [0.3, 0.4) is 0 Å². The van der Waals surface area contributed by atoms with Crippen molar-refractivity contribution in [3.63, 3.8) is 0 Å². The van der Waals surface area contributed by atoms with E-state index in [1.54, 1.807) is 13.3 Å². The highest BCUT2D eigenvalue weighted by Crippen LogP contribution is 2.27. The van der Waals surface area contributed by atoms with E-state index in [0.29, 0.717) is 6.04 Å². The Morgan fingerprint density at radius 2 is 2.10 bits per heavy atom. The Kier molecular flexibility index (Phi) is 5.36. The first kappa shape index (κ1) is 15.5. The molecule has 1 aromatic heterocycles. The fraction of sp³-hybridized carbons (Fsp3) is 0.667. The minimum Gasteiger partial charge on any atom is -0.373 e. The number of amides is 1. The van der Waals surface area contributed by atoms with Gasteiger partial charge in [-0.2, -0.15) is 0 Å². The van der Waals surface area contributed by atoms with Gasteiger partial charge in [0.2, 0.25) is 5.91 Å². The van der Waals surface area contributed by atoms with Gasteiger partial charge in [0.15, 0.2) is 0 Å². The van der Waals surface area contributed by atoms with Crippen LogP contribution in [0.25, 0.3) is 0 Å². The summed E-state index contributed by atoms with van der Waals surface area (Å²) in [5.74, 6) is 2.02. The van der Waals surface area contributed by atoms with Crippen molar-refractivity contribution >= 4 is 17.5 Å². The van der Waals surface area contributed by atoms with Crippen molar-refractivity contribution in [1.29, 1.82) is 0 Å². The molecule has 1 saturated heterocycles. The van der Waals surface area contributed by atoms with Crippen LogP contribution in [0.5, 0.6) is 0 Å². The Labute approximate surface area is 126 Å². The molecular formula is C15H25N5O. The lowest BCUT2D eigenvalue weighted by molar-refractivity contribution is -0.119. The SMILES string of the molecule is CCCc1c(NC)ncnc1N1CCC(NC(C)=O)CC1. The summed E-state index contributed by atoms with van der Waals surface area (Å²) >= 11 is 0. The van der Waals surface area contributed by atoms with Crippen LogP contribution >= 0.6 is 0 Å². The predicted octanol–water partition coefficient (Wildman–Crippen LogP) is 1.58. The highest BCUT2D eigenvalue weighted by Gasteiger charge is 2.23. The number of hydrogen-bond acceptors (Lipinski definition) is 5. The number of aromatic nitrogens is 2. The van der Waals surface area contributed by atoms with Crippen molar-refractivity contribution in [2.45, 2.75) is 45.6 Å². The Morgan fingerprint density at radius 1 is 1.38 bits per heavy atom. The third-order valence-electron chi connectivity index (χ3n) is 3.86. The fourth-order valence-electron chi connectivity index (χ4n) is 2.89. The molecule has 6 heteroatoms. The van der Waals surface area contributed by atoms with Gasteiger partial charge in [0.05, 0.1) is 0 Å². The molecule has 2 heterocycles. The van der Waals surface area contributed by atoms with Gasteiger partial charge in [0, 0.05) is 38.7 Å². The second kappa shape index (κ2) is 7.24. The monoisotopic (exact) mass is 291 g/mol. The van der Waals surface area contributed by atoms with E-state index in [9.17, 15) is 4.79 Å². The molecule has 1 fully saturated rings. The van der Waals surface area contributed by atoms with Crippen LogP contribution in [0, 0.1) is 0 Å². The quantitative estimate of drug-likeness (QED) is 0.862. The van der Waals surface area contributed by atoms with Crippen molar-refractivity contribution in [3.8, 4) is 0 Å². The van der Waals surface area contributed by atoms with Crippen molar-refractivity contribution in [1.82, 2.24) is 15.3 Å². The number of nitrogens with one attached hydrogen (secondary N) is 2. The van der Waals surface area contributed by atoms with E-state index in [1.165, 1.54) is 5.56 Å². The van der Waals surface area contributed by atoms with E-state index in [2.05, 4.69) is 32.4 Å². The average Bonchev–Trinajstić information content (AvgIpc) is 2.48. The molecule has 21 heavy (non-hydrogen) atoms. The van der Waals surface area contributed by atoms with Gasteiger partial charge in [0.25, 0.3) is 0 Å². The van der Waals surface area contributed by atoms with Gasteiger partial charge in [-0.05, 0) is 19.3 Å². The van der Waals surface area contributed by atoms with E-state index in [4.69, 9.17) is 0 Å². The Bertz CT molecular complexity index is 483. The van der Waals surface area contributed by atoms with E-state index in [-0.39, 0.29) is 5.91 Å². The Morgan fingerprint density at radius 3 is 2.67 bits per heavy atom. The van der Waals surface area contributed by atoms with Crippen molar-refractivity contribution < 1.29 is 4.79 Å². The van der Waals surface area contributed by atoms with Crippen LogP contribution in [-0.4, -0.2) is 42.1 Å². The Balaban J connectivity index is 2.10. The Hall–Kier alpha value is -1.85. The van der Waals surface area contributed by atoms with Gasteiger partial charge in [0.1, 0.15) is 18.0 Å². The summed E-state index contributed by atoms with van der Waals surface area (Å²) < 4.78 is 0. The molecule has 1 aliphatic rings. The maximum atomic E-state index is 11.1. The molecule has 0 radical (unpaired) electrons. The first-order chi connectivity index (χ1) is 10.2. The fourth-order valence-corrected chi connectivity index (χ4v) is 2.89. The molecule has 0 atom stereocenters. The van der Waals surface area contributed by atoms with Crippen molar-refractivity contribution in [3.05, 3.63) is 11.9 Å². The van der Waals surface area contributed by atoms with Gasteiger partial charge >= 0.3 is 0 Å². The predicted molar refractivity (Wildman–Crippen MR) is 84.6 cm³/mol. The highest BCUT2D eigenvalue weighted by molar-refractivity contribution is 5.73. The minimum absolute atomic E-state index is 0.0552. The lowest BCUT2D eigenvalue weighted by atomic mass is 10.0. The molecular weight excluding hydrogens is 266 g/mol. The summed E-state index contributed by atoms with van der Waals surface area (Å²) in [4.78, 5) is 22.3. The average molecular weight is 291 g/mol. The zero-order chi connectivity index (χ0) is 15.2. The van der Waals surface area contributed by atoms with Crippen LogP contribution in [-0.2, 0) is 11.2 Å². The van der Waals surface area contributed by atoms with Gasteiger partial charge in [-0.25, -0.2) is 9.97 Å². The number of piperidine rings is 1. The van der Waals surface area contributed by atoms with Gasteiger partial charge in [-0.1, -0.05) is 13.3 Å². The maximum absolute atomic E-state index is 11.1. The smallest absolute Gasteiger partial charge is 0.217 e. The normalized spacial score (nSPS) is 15.9. The molecule has 2 N–H and O–H groups in total. The molecule has 1 amide bonds. The topological polar surface area (TPSA) is 70.2 Å². The van der Waals surface area contributed by atoms with E-state index >= 15 is 0 Å². The molecule has 6 nitrogen and oxygen atoms in total. The van der Waals surface area contributed by atoms with Crippen LogP contribution in [0.4, 0.5) is 11.6 Å². The van der Waals surface area contributed by atoms with Crippen molar-refractivity contribution in [2.75, 3.05) is 30.4 Å². The maximum Gasteiger partial charge on any atom is 0.217 e. The summed E-state index contributed by atoms with van der Waals surface area (Å²) in [6, 6.07) is 0.291. The summed E-state index contributed by atoms with van der Waals surface area (Å²) in [6.07, 6.45) is 5.59. The molecule has 0 aliphatic carbocycles. The molecule has 0 spiro atoms. The van der Waals surface area contributed by atoms with Crippen molar-refractivity contribution in [2.24, 2.45) is 0 Å². The first-order valence-corrected chi connectivity index (χ1v) is 7.69. The van der Waals surface area contributed by atoms with Crippen LogP contribution in [0.15, 0.2) is 6.33 Å². The second-order valence-electron chi connectivity index (χ2n) is 5.49. The molecule has 0 unspecified atom stereocenters. The number of anilines is 2. The summed E-state index contributed by atoms with van der Waals surface area (Å²) in [5, 5.41) is 6.17. The van der Waals surface area contributed by atoms with Gasteiger partial charge < -0.3 is 15.5 Å². The number of nitrogens with zero attached hydrogens (tertiary/aromatic N) is 3. The number of hydrogen-bond donors (Lipinski definition) is 2. The molecule has 116 valence electrons. The van der Waals surface area contributed by atoms with Gasteiger partial charge in [-0.15, -0.1) is 0 Å². The van der Waals surface area contributed by atoms with E-state index < -0.39 is 0 Å². The van der Waals surface area contributed by atoms with Gasteiger partial charge in [-0.3, -0.25) is 4.79 Å². The number of rotatable bonds is 5. The lowest BCUT2D eigenvalue weighted by Crippen LogP contribution is -2.44. The molecule has 0 aromatic carbocycles. The zero-order valence-electron chi connectivity index (χ0n) is 13.1. The number of carbonyl (C=O) groups excluding carboxylic acids is 1. The molecule has 0 saturated carbocycles. The first-order valence-electron chi connectivity index (χ1n) is 7.69. The summed E-state index contributed by atoms with van der Waals surface area (Å²) in [6.45, 7) is 5.58. The lowest BCUT2D eigenvalue weighted by Gasteiger charge is -2.34. The van der Waals surface area contributed by atoms with E-state index in [1.807, 2.05) is 7.05 Å². The highest BCUT2D eigenvalue weighted by atomic mass is 16.1. The third-order valence-corrected chi connectivity index (χ3v) is 3.86. The molecule has 2 rings (SSSR count). The molecule has 0 bridgehead atoms. The summed E-state index contributed by atoms with van der Waals surface area (Å²) in [7, 11) is 1.90. The largest absolute Gasteiger partial charge is 0.373 e. The number of carbonyl (C=O) groups is 1. The van der Waals surface area contributed by atoms with Crippen LogP contribution in [0.1, 0.15) is 38.7 Å². The zero-order valence-corrected chi connectivity index (χ0v) is 13.1. The summed E-state index contributed by atoms with van der Waals surface area (Å²) in [5.41, 5.74) is 1.19. The standard InChI is InChI=1S/C15H25N5O/c1-4-5-13-14(16-3)17-10-18-15(13)20-8-6-12(7-9-20)19-11(2)21/h10,12H,4-9H2,1-3H3,(H,19,21)(H,16,17,18). The van der Waals surface area contributed by atoms with Crippen LogP contribution in [0.2, 0.25) is 0 Å².